The molecule has 0 radical (unpaired) electrons. The maximum Gasteiger partial charge on any atom is 0.416 e. The van der Waals surface area contributed by atoms with Gasteiger partial charge in [0.15, 0.2) is 5.96 Å². The van der Waals surface area contributed by atoms with Crippen molar-refractivity contribution in [2.75, 3.05) is 13.2 Å². The van der Waals surface area contributed by atoms with E-state index >= 15 is 0 Å². The molecule has 0 amide bonds. The molecule has 0 aromatic heterocycles. The molecule has 0 heterocycles. The Balaban J connectivity index is 0.000000681. The van der Waals surface area contributed by atoms with Crippen LogP contribution in [0.2, 0.25) is 0 Å². The summed E-state index contributed by atoms with van der Waals surface area (Å²) in [5, 5.41) is 47.6. The number of allylic oxidation sites excluding steroid dienone is 2. The number of aliphatic hydroxyl groups excluding tert-OH is 3. The van der Waals surface area contributed by atoms with Crippen LogP contribution in [0.4, 0.5) is 13.2 Å². The van der Waals surface area contributed by atoms with E-state index < -0.39 is 54.0 Å². The second kappa shape index (κ2) is 19.6. The number of nitrogens with zero attached hydrogens (tertiary/aromatic N) is 1. The lowest BCUT2D eigenvalue weighted by molar-refractivity contribution is -0.139. The number of ether oxygens (including phenoxy) is 1. The summed E-state index contributed by atoms with van der Waals surface area (Å²) in [6.07, 6.45) is 2.43. The fourth-order valence-electron chi connectivity index (χ4n) is 4.35. The van der Waals surface area contributed by atoms with Gasteiger partial charge in [0, 0.05) is 25.3 Å². The van der Waals surface area contributed by atoms with Gasteiger partial charge in [0.2, 0.25) is 0 Å². The summed E-state index contributed by atoms with van der Waals surface area (Å²) in [4.78, 5) is 24.4. The van der Waals surface area contributed by atoms with Crippen molar-refractivity contribution in [1.82, 2.24) is 0 Å². The van der Waals surface area contributed by atoms with Gasteiger partial charge in [0.1, 0.15) is 24.5 Å². The summed E-state index contributed by atoms with van der Waals surface area (Å²) in [7, 11) is 0. The molecule has 2 rings (SSSR count). The molecule has 44 heavy (non-hydrogen) atoms. The lowest BCUT2D eigenvalue weighted by Crippen LogP contribution is -2.30. The van der Waals surface area contributed by atoms with Gasteiger partial charge in [-0.05, 0) is 56.2 Å². The van der Waals surface area contributed by atoms with E-state index in [0.717, 1.165) is 12.1 Å². The number of aliphatic carboxylic acids is 2. The van der Waals surface area contributed by atoms with Gasteiger partial charge in [-0.1, -0.05) is 30.4 Å². The molecule has 1 saturated carbocycles. The number of aliphatic imine (C=N–C) groups is 1. The van der Waals surface area contributed by atoms with E-state index in [4.69, 9.17) is 32.2 Å². The Morgan fingerprint density at radius 1 is 1.11 bits per heavy atom. The number of aliphatic hydroxyl groups is 3. The highest BCUT2D eigenvalue weighted by Crippen LogP contribution is 2.36. The number of hydrogen-bond acceptors (Lipinski definition) is 8. The van der Waals surface area contributed by atoms with Gasteiger partial charge in [-0.3, -0.25) is 14.6 Å². The lowest BCUT2D eigenvalue weighted by atomic mass is 9.89. The molecular weight excluding hydrogens is 589 g/mol. The molecule has 1 aliphatic rings. The fourth-order valence-corrected chi connectivity index (χ4v) is 4.35. The molecule has 0 bridgehead atoms. The van der Waals surface area contributed by atoms with Crippen LogP contribution < -0.4 is 21.9 Å². The van der Waals surface area contributed by atoms with E-state index in [-0.39, 0.29) is 37.1 Å². The molecule has 0 unspecified atom stereocenters. The number of carbonyl (C=O) groups is 2. The standard InChI is InChI=1S/C23H29F3O6.C6H14N4O2/c24-23(25,26)15-6-5-7-17(12-15)32-14-16(27)10-11-19-18(20(28)13-21(19)29)8-3-1-2-4-9-22(30)31;7-4(5(11)12)2-1-3-10-6(8)9/h1,3,5-7,10-12,16,18-21,27-29H,2,4,8-9,13-14H2,(H,30,31);4H,1-3,7H2,(H,11,12)(H4,8,9,10)/b3-1-,11-10+;/t16-,18-,19-,20+,21-;4-/m10/s1. The van der Waals surface area contributed by atoms with E-state index in [9.17, 15) is 38.1 Å². The number of halogens is 3. The number of unbranched alkanes of at least 4 members (excludes halogenated alkanes) is 1. The van der Waals surface area contributed by atoms with Gasteiger partial charge in [0.25, 0.3) is 0 Å². The second-order valence-electron chi connectivity index (χ2n) is 10.3. The number of alkyl halides is 3. The molecule has 1 aromatic rings. The van der Waals surface area contributed by atoms with Gasteiger partial charge in [-0.15, -0.1) is 0 Å². The largest absolute Gasteiger partial charge is 0.491 e. The Morgan fingerprint density at radius 3 is 2.43 bits per heavy atom. The first-order valence-electron chi connectivity index (χ1n) is 14.0. The average molecular weight is 633 g/mol. The van der Waals surface area contributed by atoms with E-state index in [2.05, 4.69) is 4.99 Å². The van der Waals surface area contributed by atoms with E-state index in [1.807, 2.05) is 12.2 Å². The summed E-state index contributed by atoms with van der Waals surface area (Å²) in [6, 6.07) is 3.54. The molecule has 6 atom stereocenters. The van der Waals surface area contributed by atoms with Crippen LogP contribution in [0.25, 0.3) is 0 Å². The zero-order valence-corrected chi connectivity index (χ0v) is 24.2. The zero-order chi connectivity index (χ0) is 33.3. The predicted molar refractivity (Wildman–Crippen MR) is 156 cm³/mol. The van der Waals surface area contributed by atoms with Crippen molar-refractivity contribution in [3.63, 3.8) is 0 Å². The highest BCUT2D eigenvalue weighted by atomic mass is 19.4. The normalized spacial score (nSPS) is 21.4. The quantitative estimate of drug-likeness (QED) is 0.0568. The summed E-state index contributed by atoms with van der Waals surface area (Å²) in [6.45, 7) is 0.153. The van der Waals surface area contributed by atoms with Gasteiger partial charge in [-0.2, -0.15) is 13.2 Å². The van der Waals surface area contributed by atoms with Gasteiger partial charge >= 0.3 is 18.1 Å². The molecule has 248 valence electrons. The van der Waals surface area contributed by atoms with Crippen molar-refractivity contribution in [3.8, 4) is 5.75 Å². The molecule has 1 aliphatic carbocycles. The first kappa shape index (κ1) is 38.4. The Hall–Kier alpha value is -3.66. The number of carboxylic acid groups (broad SMARTS) is 2. The second-order valence-corrected chi connectivity index (χ2v) is 10.3. The van der Waals surface area contributed by atoms with Gasteiger partial charge in [0.05, 0.1) is 17.8 Å². The van der Waals surface area contributed by atoms with Crippen molar-refractivity contribution in [2.45, 2.75) is 75.5 Å². The number of nitrogens with two attached hydrogens (primary N) is 3. The van der Waals surface area contributed by atoms with Crippen LogP contribution in [0, 0.1) is 11.8 Å². The Bertz CT molecular complexity index is 1110. The molecule has 15 heteroatoms. The number of guanidine groups is 1. The molecule has 0 saturated heterocycles. The Morgan fingerprint density at radius 2 is 1.82 bits per heavy atom. The van der Waals surface area contributed by atoms with Crippen LogP contribution in [0.3, 0.4) is 0 Å². The molecule has 1 fully saturated rings. The van der Waals surface area contributed by atoms with Crippen molar-refractivity contribution < 1.29 is 53.0 Å². The zero-order valence-electron chi connectivity index (χ0n) is 24.2. The minimum atomic E-state index is -4.49. The number of hydrogen-bond donors (Lipinski definition) is 8. The molecule has 0 aliphatic heterocycles. The maximum atomic E-state index is 12.8. The Labute approximate surface area is 253 Å². The van der Waals surface area contributed by atoms with Crippen molar-refractivity contribution in [1.29, 1.82) is 0 Å². The summed E-state index contributed by atoms with van der Waals surface area (Å²) in [5.74, 6) is -2.54. The SMILES string of the molecule is NC(N)=NCCC[C@H](N)C(=O)O.O=C(O)CCC/C=C\C[C@@H]1[C@@H](/C=C/[C@@H](O)COc2cccc(C(F)(F)F)c2)[C@H](O)C[C@@H]1O. The fraction of sp³-hybridized carbons (Fsp3) is 0.552. The summed E-state index contributed by atoms with van der Waals surface area (Å²) in [5.41, 5.74) is 14.5. The summed E-state index contributed by atoms with van der Waals surface area (Å²) < 4.78 is 43.5. The molecule has 1 aromatic carbocycles. The molecular formula is C29H43F3N4O8. The smallest absolute Gasteiger partial charge is 0.416 e. The number of rotatable bonds is 16. The van der Waals surface area contributed by atoms with Crippen molar-refractivity contribution in [3.05, 3.63) is 54.1 Å². The van der Waals surface area contributed by atoms with Crippen LogP contribution in [0.1, 0.15) is 50.5 Å². The average Bonchev–Trinajstić information content (AvgIpc) is 3.21. The third-order valence-electron chi connectivity index (χ3n) is 6.67. The maximum absolute atomic E-state index is 12.8. The van der Waals surface area contributed by atoms with Crippen molar-refractivity contribution >= 4 is 17.9 Å². The van der Waals surface area contributed by atoms with E-state index in [1.54, 1.807) is 6.08 Å². The van der Waals surface area contributed by atoms with Crippen LogP contribution in [-0.2, 0) is 15.8 Å². The minimum Gasteiger partial charge on any atom is -0.491 e. The van der Waals surface area contributed by atoms with Crippen LogP contribution in [0.5, 0.6) is 5.75 Å². The minimum absolute atomic E-state index is 0.0129. The highest BCUT2D eigenvalue weighted by Gasteiger charge is 2.39. The first-order chi connectivity index (χ1) is 20.6. The molecule has 11 N–H and O–H groups in total. The molecule has 0 spiro atoms. The topological polar surface area (TPSA) is 235 Å². The number of benzene rings is 1. The highest BCUT2D eigenvalue weighted by molar-refractivity contribution is 5.75. The number of carboxylic acids is 2. The molecule has 12 nitrogen and oxygen atoms in total. The predicted octanol–water partition coefficient (Wildman–Crippen LogP) is 2.01. The van der Waals surface area contributed by atoms with Crippen LogP contribution in [0.15, 0.2) is 53.6 Å². The van der Waals surface area contributed by atoms with Crippen molar-refractivity contribution in [2.24, 2.45) is 34.0 Å². The van der Waals surface area contributed by atoms with Crippen LogP contribution in [-0.4, -0.2) is 80.9 Å². The van der Waals surface area contributed by atoms with Crippen LogP contribution >= 0.6 is 0 Å². The van der Waals surface area contributed by atoms with Gasteiger partial charge in [-0.25, -0.2) is 0 Å². The third-order valence-corrected chi connectivity index (χ3v) is 6.67. The third kappa shape index (κ3) is 15.7. The monoisotopic (exact) mass is 632 g/mol. The van der Waals surface area contributed by atoms with Gasteiger partial charge < -0.3 is 47.5 Å². The lowest BCUT2D eigenvalue weighted by Gasteiger charge is -2.19. The van der Waals surface area contributed by atoms with E-state index in [1.165, 1.54) is 18.2 Å². The summed E-state index contributed by atoms with van der Waals surface area (Å²) >= 11 is 0. The first-order valence-corrected chi connectivity index (χ1v) is 14.0. The Kier molecular flexibility index (Phi) is 17.1. The van der Waals surface area contributed by atoms with E-state index in [0.29, 0.717) is 38.6 Å².